The van der Waals surface area contributed by atoms with Crippen LogP contribution in [0.2, 0.25) is 0 Å². The van der Waals surface area contributed by atoms with Gasteiger partial charge in [-0.05, 0) is 54.4 Å². The van der Waals surface area contributed by atoms with Gasteiger partial charge in [0.15, 0.2) is 0 Å². The maximum Gasteiger partial charge on any atom is 0.0661 e. The Kier molecular flexibility index (Phi) is 6.02. The molecule has 0 heterocycles. The molecule has 1 atom stereocenters. The fourth-order valence-corrected chi connectivity index (χ4v) is 2.66. The minimum Gasteiger partial charge on any atom is -0.380 e. The highest BCUT2D eigenvalue weighted by molar-refractivity contribution is 9.10. The van der Waals surface area contributed by atoms with E-state index in [9.17, 15) is 0 Å². The third-order valence-corrected chi connectivity index (χ3v) is 3.85. The molecule has 1 unspecified atom stereocenters. The largest absolute Gasteiger partial charge is 0.380 e. The first-order valence-corrected chi connectivity index (χ1v) is 8.04. The van der Waals surface area contributed by atoms with Crippen molar-refractivity contribution < 1.29 is 4.74 Å². The molecule has 0 aliphatic heterocycles. The normalized spacial score (nSPS) is 12.8. The van der Waals surface area contributed by atoms with Crippen molar-refractivity contribution in [2.24, 2.45) is 0 Å². The summed E-state index contributed by atoms with van der Waals surface area (Å²) in [6, 6.07) is 13.3. The maximum atomic E-state index is 5.61. The second-order valence-electron chi connectivity index (χ2n) is 4.92. The zero-order valence-corrected chi connectivity index (χ0v) is 13.7. The van der Waals surface area contributed by atoms with E-state index in [1.54, 1.807) is 0 Å². The second kappa shape index (κ2) is 7.77. The lowest BCUT2D eigenvalue weighted by Crippen LogP contribution is -2.26. The maximum absolute atomic E-state index is 5.61. The molecule has 0 amide bonds. The SMILES string of the molecule is CCCNC(COCC)c1ccc2cc(Br)ccc2c1. The summed E-state index contributed by atoms with van der Waals surface area (Å²) in [6.45, 7) is 6.71. The molecule has 108 valence electrons. The molecule has 0 spiro atoms. The summed E-state index contributed by atoms with van der Waals surface area (Å²) in [5.41, 5.74) is 1.29. The van der Waals surface area contributed by atoms with E-state index < -0.39 is 0 Å². The van der Waals surface area contributed by atoms with Gasteiger partial charge < -0.3 is 10.1 Å². The Bertz CT molecular complexity index is 548. The van der Waals surface area contributed by atoms with E-state index >= 15 is 0 Å². The predicted molar refractivity (Wildman–Crippen MR) is 89.2 cm³/mol. The van der Waals surface area contributed by atoms with Gasteiger partial charge >= 0.3 is 0 Å². The quantitative estimate of drug-likeness (QED) is 0.793. The van der Waals surface area contributed by atoms with Gasteiger partial charge in [-0.15, -0.1) is 0 Å². The van der Waals surface area contributed by atoms with Gasteiger partial charge in [-0.2, -0.15) is 0 Å². The zero-order valence-electron chi connectivity index (χ0n) is 12.2. The van der Waals surface area contributed by atoms with Crippen LogP contribution in [-0.4, -0.2) is 19.8 Å². The van der Waals surface area contributed by atoms with Crippen molar-refractivity contribution in [1.29, 1.82) is 0 Å². The van der Waals surface area contributed by atoms with Crippen LogP contribution >= 0.6 is 15.9 Å². The minimum absolute atomic E-state index is 0.267. The number of benzene rings is 2. The van der Waals surface area contributed by atoms with Crippen LogP contribution in [0.3, 0.4) is 0 Å². The van der Waals surface area contributed by atoms with Crippen molar-refractivity contribution in [2.45, 2.75) is 26.3 Å². The molecule has 20 heavy (non-hydrogen) atoms. The van der Waals surface area contributed by atoms with Crippen molar-refractivity contribution in [3.8, 4) is 0 Å². The average molecular weight is 336 g/mol. The smallest absolute Gasteiger partial charge is 0.0661 e. The number of halogens is 1. The monoisotopic (exact) mass is 335 g/mol. The summed E-state index contributed by atoms with van der Waals surface area (Å²) >= 11 is 3.52. The van der Waals surface area contributed by atoms with Gasteiger partial charge in [-0.3, -0.25) is 0 Å². The van der Waals surface area contributed by atoms with Crippen LogP contribution in [0, 0.1) is 0 Å². The lowest BCUT2D eigenvalue weighted by molar-refractivity contribution is 0.123. The Hall–Kier alpha value is -0.900. The van der Waals surface area contributed by atoms with Gasteiger partial charge in [0, 0.05) is 11.1 Å². The van der Waals surface area contributed by atoms with E-state index in [-0.39, 0.29) is 6.04 Å². The molecule has 0 aromatic heterocycles. The fourth-order valence-electron chi connectivity index (χ4n) is 2.28. The molecule has 0 radical (unpaired) electrons. The van der Waals surface area contributed by atoms with Gasteiger partial charge in [0.1, 0.15) is 0 Å². The molecule has 1 N–H and O–H groups in total. The van der Waals surface area contributed by atoms with Crippen LogP contribution in [0.4, 0.5) is 0 Å². The number of ether oxygens (including phenoxy) is 1. The Morgan fingerprint density at radius 2 is 1.85 bits per heavy atom. The molecule has 2 rings (SSSR count). The van der Waals surface area contributed by atoms with Crippen LogP contribution in [0.1, 0.15) is 31.9 Å². The van der Waals surface area contributed by atoms with Gasteiger partial charge in [0.05, 0.1) is 12.6 Å². The van der Waals surface area contributed by atoms with Crippen LogP contribution in [0.5, 0.6) is 0 Å². The lowest BCUT2D eigenvalue weighted by Gasteiger charge is -2.19. The third-order valence-electron chi connectivity index (χ3n) is 3.36. The van der Waals surface area contributed by atoms with E-state index in [4.69, 9.17) is 4.74 Å². The fraction of sp³-hybridized carbons (Fsp3) is 0.412. The molecule has 0 aliphatic rings. The molecular weight excluding hydrogens is 314 g/mol. The van der Waals surface area contributed by atoms with Crippen molar-refractivity contribution in [2.75, 3.05) is 19.8 Å². The van der Waals surface area contributed by atoms with Crippen molar-refractivity contribution >= 4 is 26.7 Å². The Morgan fingerprint density at radius 1 is 1.10 bits per heavy atom. The van der Waals surface area contributed by atoms with E-state index in [1.807, 2.05) is 6.92 Å². The highest BCUT2D eigenvalue weighted by Gasteiger charge is 2.11. The summed E-state index contributed by atoms with van der Waals surface area (Å²) < 4.78 is 6.73. The molecule has 3 heteroatoms. The summed E-state index contributed by atoms with van der Waals surface area (Å²) in [4.78, 5) is 0. The molecule has 2 aromatic rings. The first-order chi connectivity index (χ1) is 9.74. The molecular formula is C17H22BrNO. The van der Waals surface area contributed by atoms with E-state index in [0.29, 0.717) is 0 Å². The van der Waals surface area contributed by atoms with Gasteiger partial charge in [0.25, 0.3) is 0 Å². The van der Waals surface area contributed by atoms with E-state index in [0.717, 1.165) is 30.7 Å². The topological polar surface area (TPSA) is 21.3 Å². The number of hydrogen-bond donors (Lipinski definition) is 1. The molecule has 0 aliphatic carbocycles. The highest BCUT2D eigenvalue weighted by atomic mass is 79.9. The Morgan fingerprint density at radius 3 is 2.60 bits per heavy atom. The summed E-state index contributed by atoms with van der Waals surface area (Å²) in [7, 11) is 0. The Labute approximate surface area is 129 Å². The highest BCUT2D eigenvalue weighted by Crippen LogP contribution is 2.24. The van der Waals surface area contributed by atoms with Crippen LogP contribution in [0.25, 0.3) is 10.8 Å². The standard InChI is InChI=1S/C17H22BrNO/c1-3-9-19-17(12-20-4-2)15-6-5-14-11-16(18)8-7-13(14)10-15/h5-8,10-11,17,19H,3-4,9,12H2,1-2H3. The minimum atomic E-state index is 0.267. The van der Waals surface area contributed by atoms with Crippen molar-refractivity contribution in [3.05, 3.63) is 46.4 Å². The molecule has 0 saturated carbocycles. The van der Waals surface area contributed by atoms with E-state index in [1.165, 1.54) is 16.3 Å². The van der Waals surface area contributed by atoms with Crippen LogP contribution < -0.4 is 5.32 Å². The third kappa shape index (κ3) is 4.05. The Balaban J connectivity index is 2.24. The summed E-state index contributed by atoms with van der Waals surface area (Å²) in [5, 5.41) is 6.09. The lowest BCUT2D eigenvalue weighted by atomic mass is 10.0. The molecule has 0 bridgehead atoms. The van der Waals surface area contributed by atoms with Crippen molar-refractivity contribution in [3.63, 3.8) is 0 Å². The van der Waals surface area contributed by atoms with Gasteiger partial charge in [0.2, 0.25) is 0 Å². The molecule has 2 nitrogen and oxygen atoms in total. The summed E-state index contributed by atoms with van der Waals surface area (Å²) in [5.74, 6) is 0. The number of rotatable bonds is 7. The first-order valence-electron chi connectivity index (χ1n) is 7.25. The van der Waals surface area contributed by atoms with Gasteiger partial charge in [-0.1, -0.05) is 41.1 Å². The van der Waals surface area contributed by atoms with Gasteiger partial charge in [-0.25, -0.2) is 0 Å². The number of nitrogens with one attached hydrogen (secondary N) is 1. The number of fused-ring (bicyclic) bond motifs is 1. The van der Waals surface area contributed by atoms with E-state index in [2.05, 4.69) is 64.6 Å². The molecule has 0 fully saturated rings. The molecule has 2 aromatic carbocycles. The summed E-state index contributed by atoms with van der Waals surface area (Å²) in [6.07, 6.45) is 1.13. The zero-order chi connectivity index (χ0) is 14.4. The molecule has 0 saturated heterocycles. The first kappa shape index (κ1) is 15.5. The van der Waals surface area contributed by atoms with Crippen LogP contribution in [0.15, 0.2) is 40.9 Å². The predicted octanol–water partition coefficient (Wildman–Crippen LogP) is 4.68. The second-order valence-corrected chi connectivity index (χ2v) is 5.83. The van der Waals surface area contributed by atoms with Crippen molar-refractivity contribution in [1.82, 2.24) is 5.32 Å². The average Bonchev–Trinajstić information content (AvgIpc) is 2.47. The van der Waals surface area contributed by atoms with Crippen LogP contribution in [-0.2, 0) is 4.74 Å². The number of hydrogen-bond acceptors (Lipinski definition) is 2.